The molecule has 0 aliphatic carbocycles. The van der Waals surface area contributed by atoms with E-state index in [1.807, 2.05) is 49.4 Å². The fourth-order valence-corrected chi connectivity index (χ4v) is 4.59. The van der Waals surface area contributed by atoms with Gasteiger partial charge in [-0.05, 0) is 61.0 Å². The highest BCUT2D eigenvalue weighted by Crippen LogP contribution is 2.24. The Morgan fingerprint density at radius 1 is 0.969 bits per heavy atom. The number of carbonyl (C=O) groups is 1. The van der Waals surface area contributed by atoms with Crippen molar-refractivity contribution >= 4 is 32.4 Å². The van der Waals surface area contributed by atoms with Crippen molar-refractivity contribution in [1.82, 2.24) is 5.32 Å². The molecule has 1 N–H and O–H groups in total. The predicted molar refractivity (Wildman–Crippen MR) is 127 cm³/mol. The van der Waals surface area contributed by atoms with Crippen molar-refractivity contribution in [1.29, 1.82) is 0 Å². The SMILES string of the molecule is CCOc1ccc(N([C@H](C)C(=O)NCCOc2ccc3ccccc3c2)S(C)(=O)=O)cc1. The van der Waals surface area contributed by atoms with Gasteiger partial charge in [-0.15, -0.1) is 0 Å². The Morgan fingerprint density at radius 2 is 1.62 bits per heavy atom. The number of anilines is 1. The topological polar surface area (TPSA) is 84.9 Å². The molecule has 0 saturated heterocycles. The summed E-state index contributed by atoms with van der Waals surface area (Å²) in [6, 6.07) is 19.5. The molecule has 0 bridgehead atoms. The van der Waals surface area contributed by atoms with Crippen LogP contribution in [0.15, 0.2) is 66.7 Å². The van der Waals surface area contributed by atoms with Crippen LogP contribution in [-0.4, -0.2) is 46.4 Å². The van der Waals surface area contributed by atoms with Crippen LogP contribution in [0, 0.1) is 0 Å². The van der Waals surface area contributed by atoms with Gasteiger partial charge in [0.25, 0.3) is 0 Å². The van der Waals surface area contributed by atoms with E-state index in [9.17, 15) is 13.2 Å². The number of nitrogens with one attached hydrogen (secondary N) is 1. The van der Waals surface area contributed by atoms with Gasteiger partial charge in [0.2, 0.25) is 15.9 Å². The average Bonchev–Trinajstić information content (AvgIpc) is 2.77. The number of hydrogen-bond acceptors (Lipinski definition) is 5. The van der Waals surface area contributed by atoms with Crippen molar-refractivity contribution in [2.45, 2.75) is 19.9 Å². The molecule has 0 unspecified atom stereocenters. The molecule has 3 rings (SSSR count). The van der Waals surface area contributed by atoms with Gasteiger partial charge in [0.05, 0.1) is 25.1 Å². The van der Waals surface area contributed by atoms with E-state index >= 15 is 0 Å². The van der Waals surface area contributed by atoms with Gasteiger partial charge < -0.3 is 14.8 Å². The van der Waals surface area contributed by atoms with E-state index < -0.39 is 22.0 Å². The number of amides is 1. The number of nitrogens with zero attached hydrogens (tertiary/aromatic N) is 1. The Hall–Kier alpha value is -3.26. The summed E-state index contributed by atoms with van der Waals surface area (Å²) in [5, 5.41) is 4.94. The van der Waals surface area contributed by atoms with Crippen LogP contribution in [0.1, 0.15) is 13.8 Å². The largest absolute Gasteiger partial charge is 0.494 e. The summed E-state index contributed by atoms with van der Waals surface area (Å²) in [6.07, 6.45) is 1.08. The molecule has 1 amide bonds. The zero-order chi connectivity index (χ0) is 23.1. The highest BCUT2D eigenvalue weighted by Gasteiger charge is 2.28. The van der Waals surface area contributed by atoms with Crippen LogP contribution < -0.4 is 19.1 Å². The summed E-state index contributed by atoms with van der Waals surface area (Å²) in [4.78, 5) is 12.7. The van der Waals surface area contributed by atoms with Crippen LogP contribution in [0.4, 0.5) is 5.69 Å². The van der Waals surface area contributed by atoms with E-state index in [4.69, 9.17) is 9.47 Å². The Labute approximate surface area is 189 Å². The molecular weight excluding hydrogens is 428 g/mol. The van der Waals surface area contributed by atoms with E-state index in [0.717, 1.165) is 21.3 Å². The molecule has 0 heterocycles. The first-order valence-electron chi connectivity index (χ1n) is 10.4. The van der Waals surface area contributed by atoms with Crippen molar-refractivity contribution in [3.63, 3.8) is 0 Å². The number of sulfonamides is 1. The minimum absolute atomic E-state index is 0.247. The van der Waals surface area contributed by atoms with E-state index in [1.54, 1.807) is 31.2 Å². The first-order chi connectivity index (χ1) is 15.3. The molecule has 0 saturated carbocycles. The van der Waals surface area contributed by atoms with Crippen LogP contribution in [0.3, 0.4) is 0 Å². The normalized spacial score (nSPS) is 12.2. The lowest BCUT2D eigenvalue weighted by atomic mass is 10.1. The molecule has 8 heteroatoms. The standard InChI is InChI=1S/C24H28N2O5S/c1-4-30-22-13-10-21(11-14-22)26(32(3,28)29)18(2)24(27)25-15-16-31-23-12-9-19-7-5-6-8-20(19)17-23/h5-14,17-18H,4,15-16H2,1-3H3,(H,25,27)/t18-/m1/s1. The van der Waals surface area contributed by atoms with Gasteiger partial charge in [-0.2, -0.15) is 0 Å². The molecule has 0 aliphatic heterocycles. The molecule has 3 aromatic rings. The number of ether oxygens (including phenoxy) is 2. The first-order valence-corrected chi connectivity index (χ1v) is 12.3. The quantitative estimate of drug-likeness (QED) is 0.471. The lowest BCUT2D eigenvalue weighted by molar-refractivity contribution is -0.121. The van der Waals surface area contributed by atoms with Gasteiger partial charge >= 0.3 is 0 Å². The third-order valence-corrected chi connectivity index (χ3v) is 6.12. The molecule has 0 fully saturated rings. The number of fused-ring (bicyclic) bond motifs is 1. The molecule has 170 valence electrons. The third kappa shape index (κ3) is 5.91. The Bertz CT molecular complexity index is 1160. The van der Waals surface area contributed by atoms with Crippen LogP contribution in [0.25, 0.3) is 10.8 Å². The van der Waals surface area contributed by atoms with Crippen LogP contribution >= 0.6 is 0 Å². The maximum absolute atomic E-state index is 12.7. The maximum atomic E-state index is 12.7. The molecular formula is C24H28N2O5S. The summed E-state index contributed by atoms with van der Waals surface area (Å²) < 4.78 is 37.0. The van der Waals surface area contributed by atoms with E-state index in [1.165, 1.54) is 0 Å². The first kappa shape index (κ1) is 23.4. The Morgan fingerprint density at radius 3 is 2.28 bits per heavy atom. The van der Waals surface area contributed by atoms with Gasteiger partial charge in [-0.1, -0.05) is 30.3 Å². The Balaban J connectivity index is 1.59. The summed E-state index contributed by atoms with van der Waals surface area (Å²) in [5.74, 6) is 0.928. The van der Waals surface area contributed by atoms with Crippen molar-refractivity contribution in [3.05, 3.63) is 66.7 Å². The molecule has 0 aliphatic rings. The lowest BCUT2D eigenvalue weighted by Gasteiger charge is -2.28. The van der Waals surface area contributed by atoms with Crippen molar-refractivity contribution in [2.75, 3.05) is 30.3 Å². The highest BCUT2D eigenvalue weighted by molar-refractivity contribution is 7.92. The second-order valence-corrected chi connectivity index (χ2v) is 9.17. The average molecular weight is 457 g/mol. The van der Waals surface area contributed by atoms with Crippen LogP contribution in [0.2, 0.25) is 0 Å². The summed E-state index contributed by atoms with van der Waals surface area (Å²) in [7, 11) is -3.68. The summed E-state index contributed by atoms with van der Waals surface area (Å²) in [6.45, 7) is 4.44. The Kier molecular flexibility index (Phi) is 7.58. The van der Waals surface area contributed by atoms with Crippen molar-refractivity contribution in [2.24, 2.45) is 0 Å². The van der Waals surface area contributed by atoms with Gasteiger partial charge in [0.1, 0.15) is 24.1 Å². The van der Waals surface area contributed by atoms with Crippen LogP contribution in [-0.2, 0) is 14.8 Å². The number of hydrogen-bond donors (Lipinski definition) is 1. The van der Waals surface area contributed by atoms with Crippen molar-refractivity contribution < 1.29 is 22.7 Å². The number of carbonyl (C=O) groups excluding carboxylic acids is 1. The zero-order valence-electron chi connectivity index (χ0n) is 18.4. The molecule has 0 spiro atoms. The van der Waals surface area contributed by atoms with Gasteiger partial charge in [0.15, 0.2) is 0 Å². The fraction of sp³-hybridized carbons (Fsp3) is 0.292. The summed E-state index contributed by atoms with van der Waals surface area (Å²) >= 11 is 0. The zero-order valence-corrected chi connectivity index (χ0v) is 19.3. The number of benzene rings is 3. The van der Waals surface area contributed by atoms with Crippen molar-refractivity contribution in [3.8, 4) is 11.5 Å². The highest BCUT2D eigenvalue weighted by atomic mass is 32.2. The molecule has 0 radical (unpaired) electrons. The molecule has 7 nitrogen and oxygen atoms in total. The van der Waals surface area contributed by atoms with Gasteiger partial charge in [0, 0.05) is 0 Å². The maximum Gasteiger partial charge on any atom is 0.243 e. The van der Waals surface area contributed by atoms with E-state index in [2.05, 4.69) is 5.32 Å². The second kappa shape index (κ2) is 10.4. The van der Waals surface area contributed by atoms with E-state index in [0.29, 0.717) is 23.8 Å². The minimum Gasteiger partial charge on any atom is -0.494 e. The predicted octanol–water partition coefficient (Wildman–Crippen LogP) is 3.59. The van der Waals surface area contributed by atoms with Gasteiger partial charge in [-0.25, -0.2) is 8.42 Å². The van der Waals surface area contributed by atoms with Gasteiger partial charge in [-0.3, -0.25) is 9.10 Å². The van der Waals surface area contributed by atoms with Crippen LogP contribution in [0.5, 0.6) is 11.5 Å². The fourth-order valence-electron chi connectivity index (χ4n) is 3.41. The molecule has 3 aromatic carbocycles. The molecule has 1 atom stereocenters. The number of rotatable bonds is 10. The monoisotopic (exact) mass is 456 g/mol. The minimum atomic E-state index is -3.68. The third-order valence-electron chi connectivity index (χ3n) is 4.88. The lowest BCUT2D eigenvalue weighted by Crippen LogP contribution is -2.48. The molecule has 32 heavy (non-hydrogen) atoms. The smallest absolute Gasteiger partial charge is 0.243 e. The summed E-state index contributed by atoms with van der Waals surface area (Å²) in [5.41, 5.74) is 0.394. The van der Waals surface area contributed by atoms with E-state index in [-0.39, 0.29) is 13.2 Å². The molecule has 0 aromatic heterocycles. The second-order valence-electron chi connectivity index (χ2n) is 7.31.